The third kappa shape index (κ3) is 39.0. The van der Waals surface area contributed by atoms with Crippen molar-refractivity contribution in [3.05, 3.63) is 12.2 Å². The molecular formula is C74H137O24P. The molecule has 0 aromatic carbocycles. The Balaban J connectivity index is 1.72. The van der Waals surface area contributed by atoms with E-state index in [1.165, 1.54) is 161 Å². The number of phosphoric ester groups is 1. The zero-order valence-electron chi connectivity index (χ0n) is 60.8. The van der Waals surface area contributed by atoms with Gasteiger partial charge < -0.3 is 89.1 Å². The summed E-state index contributed by atoms with van der Waals surface area (Å²) in [6.07, 6.45) is 15.5. The molecule has 3 fully saturated rings. The molecule has 0 radical (unpaired) electrons. The first-order valence-electron chi connectivity index (χ1n) is 39.0. The Labute approximate surface area is 592 Å². The number of carbonyl (C=O) groups is 3. The Morgan fingerprint density at radius 3 is 1.10 bits per heavy atom. The molecule has 11 N–H and O–H groups in total. The first-order valence-corrected chi connectivity index (χ1v) is 40.5. The van der Waals surface area contributed by atoms with Crippen molar-refractivity contribution >= 4 is 25.7 Å². The average Bonchev–Trinajstić information content (AvgIpc) is 0.763. The number of rotatable bonds is 61. The molecule has 18 unspecified atom stereocenters. The number of ether oxygens (including phenoxy) is 7. The predicted octanol–water partition coefficient (Wildman–Crippen LogP) is 11.1. The number of hydrogen-bond acceptors (Lipinski definition) is 23. The number of phosphoric acid groups is 1. The third-order valence-electron chi connectivity index (χ3n) is 19.3. The van der Waals surface area contributed by atoms with Crippen LogP contribution in [0.3, 0.4) is 0 Å². The number of aliphatic hydroxyl groups excluding tert-OH is 10. The maximum atomic E-state index is 14.3. The molecule has 0 aromatic rings. The lowest BCUT2D eigenvalue weighted by atomic mass is 9.84. The smallest absolute Gasteiger partial charge is 0.463 e. The van der Waals surface area contributed by atoms with Crippen LogP contribution < -0.4 is 0 Å². The van der Waals surface area contributed by atoms with Crippen LogP contribution in [0.25, 0.3) is 0 Å². The molecule has 1 saturated carbocycles. The van der Waals surface area contributed by atoms with Crippen LogP contribution in [0.5, 0.6) is 0 Å². The number of hydrogen-bond donors (Lipinski definition) is 11. The van der Waals surface area contributed by atoms with Gasteiger partial charge in [0.1, 0.15) is 98.7 Å². The second-order valence-electron chi connectivity index (χ2n) is 28.1. The van der Waals surface area contributed by atoms with Crippen molar-refractivity contribution in [2.24, 2.45) is 0 Å². The minimum atomic E-state index is -5.70. The predicted molar refractivity (Wildman–Crippen MR) is 375 cm³/mol. The van der Waals surface area contributed by atoms with E-state index in [9.17, 15) is 74.9 Å². The number of allylic oxidation sites excluding steroid dienone is 2. The molecule has 0 spiro atoms. The average molecular weight is 1440 g/mol. The molecular weight excluding hydrogens is 1300 g/mol. The van der Waals surface area contributed by atoms with Gasteiger partial charge in [0.05, 0.1) is 13.2 Å². The van der Waals surface area contributed by atoms with E-state index in [1.807, 2.05) is 0 Å². The zero-order valence-corrected chi connectivity index (χ0v) is 61.7. The maximum absolute atomic E-state index is 14.3. The lowest BCUT2D eigenvalue weighted by molar-refractivity contribution is -0.360. The fourth-order valence-electron chi connectivity index (χ4n) is 12.9. The van der Waals surface area contributed by atoms with Gasteiger partial charge in [-0.3, -0.25) is 23.4 Å². The number of aliphatic hydroxyl groups is 10. The van der Waals surface area contributed by atoms with Gasteiger partial charge in [0.15, 0.2) is 18.7 Å². The van der Waals surface area contributed by atoms with Gasteiger partial charge in [0, 0.05) is 19.3 Å². The largest absolute Gasteiger partial charge is 0.472 e. The SMILES string of the molecule is CCCCCCCC/C=C\CCCCCC(=O)OCC1OC(OC2C(O)C(O)C(O)C(OC3OC(CO)C(O)C(O)C3O)C2OP(=O)(O)OCC(COC(=O)CCCCCCCCCCCCCCCCCC)OC(=O)CCCCCCCCCCCCCCCCC)C(O)C(O)C1O. The fraction of sp³-hybridized carbons (Fsp3) is 0.932. The summed E-state index contributed by atoms with van der Waals surface area (Å²) in [5, 5.41) is 110. The van der Waals surface area contributed by atoms with E-state index in [2.05, 4.69) is 32.9 Å². The normalized spacial score (nSPS) is 27.5. The lowest BCUT2D eigenvalue weighted by Crippen LogP contribution is -2.69. The van der Waals surface area contributed by atoms with Crippen LogP contribution in [0.1, 0.15) is 310 Å². The van der Waals surface area contributed by atoms with Gasteiger partial charge in [-0.1, -0.05) is 258 Å². The summed E-state index contributed by atoms with van der Waals surface area (Å²) in [5.74, 6) is -1.99. The van der Waals surface area contributed by atoms with E-state index in [0.29, 0.717) is 19.3 Å². The van der Waals surface area contributed by atoms with E-state index < -0.39 is 156 Å². The highest BCUT2D eigenvalue weighted by Gasteiger charge is 2.58. The summed E-state index contributed by atoms with van der Waals surface area (Å²) < 4.78 is 65.1. The summed E-state index contributed by atoms with van der Waals surface area (Å²) in [4.78, 5) is 51.1. The number of esters is 3. The van der Waals surface area contributed by atoms with Crippen molar-refractivity contribution in [3.63, 3.8) is 0 Å². The fourth-order valence-corrected chi connectivity index (χ4v) is 13.9. The molecule has 1 aliphatic carbocycles. The second kappa shape index (κ2) is 56.1. The highest BCUT2D eigenvalue weighted by Crippen LogP contribution is 2.49. The second-order valence-corrected chi connectivity index (χ2v) is 29.5. The molecule has 2 saturated heterocycles. The van der Waals surface area contributed by atoms with Crippen molar-refractivity contribution in [1.82, 2.24) is 0 Å². The Kier molecular flexibility index (Phi) is 51.5. The minimum absolute atomic E-state index is 0.00944. The summed E-state index contributed by atoms with van der Waals surface area (Å²) in [6, 6.07) is 0. The Morgan fingerprint density at radius 2 is 0.707 bits per heavy atom. The first kappa shape index (κ1) is 90.9. The third-order valence-corrected chi connectivity index (χ3v) is 20.3. The summed E-state index contributed by atoms with van der Waals surface area (Å²) >= 11 is 0. The highest BCUT2D eigenvalue weighted by molar-refractivity contribution is 7.47. The van der Waals surface area contributed by atoms with Crippen LogP contribution in [0.2, 0.25) is 0 Å². The molecule has 0 bridgehead atoms. The molecule has 18 atom stereocenters. The van der Waals surface area contributed by atoms with Gasteiger partial charge in [-0.2, -0.15) is 0 Å². The molecule has 2 heterocycles. The van der Waals surface area contributed by atoms with Crippen molar-refractivity contribution in [1.29, 1.82) is 0 Å². The summed E-state index contributed by atoms with van der Waals surface area (Å²) in [7, 11) is -5.70. The van der Waals surface area contributed by atoms with Gasteiger partial charge in [-0.05, 0) is 44.9 Å². The van der Waals surface area contributed by atoms with Gasteiger partial charge >= 0.3 is 25.7 Å². The molecule has 0 amide bonds. The van der Waals surface area contributed by atoms with E-state index >= 15 is 0 Å². The monoisotopic (exact) mass is 1440 g/mol. The Hall–Kier alpha value is -2.30. The number of unbranched alkanes of at least 4 members (excludes halogenated alkanes) is 38. The molecule has 24 nitrogen and oxygen atoms in total. The Morgan fingerprint density at radius 1 is 0.384 bits per heavy atom. The van der Waals surface area contributed by atoms with Crippen molar-refractivity contribution in [3.8, 4) is 0 Å². The van der Waals surface area contributed by atoms with Gasteiger partial charge in [-0.25, -0.2) is 4.57 Å². The van der Waals surface area contributed by atoms with Crippen molar-refractivity contribution in [2.75, 3.05) is 26.4 Å². The number of carbonyl (C=O) groups excluding carboxylic acids is 3. The molecule has 25 heteroatoms. The van der Waals surface area contributed by atoms with Crippen molar-refractivity contribution < 1.29 is 117 Å². The zero-order chi connectivity index (χ0) is 72.5. The highest BCUT2D eigenvalue weighted by atomic mass is 31.2. The molecule has 3 rings (SSSR count). The lowest BCUT2D eigenvalue weighted by Gasteiger charge is -2.49. The first-order chi connectivity index (χ1) is 47.8. The Bertz CT molecular complexity index is 2090. The molecule has 3 aliphatic rings. The van der Waals surface area contributed by atoms with E-state index in [4.69, 9.17) is 42.2 Å². The topological polar surface area (TPSA) is 374 Å². The van der Waals surface area contributed by atoms with Crippen LogP contribution in [0.4, 0.5) is 0 Å². The van der Waals surface area contributed by atoms with Crippen molar-refractivity contribution in [2.45, 2.75) is 414 Å². The van der Waals surface area contributed by atoms with E-state index in [0.717, 1.165) is 89.9 Å². The molecule has 582 valence electrons. The summed E-state index contributed by atoms with van der Waals surface area (Å²) in [5.41, 5.74) is 0. The van der Waals surface area contributed by atoms with Crippen LogP contribution in [0, 0.1) is 0 Å². The van der Waals surface area contributed by atoms with Crippen LogP contribution in [0.15, 0.2) is 12.2 Å². The van der Waals surface area contributed by atoms with Crippen LogP contribution in [-0.4, -0.2) is 204 Å². The maximum Gasteiger partial charge on any atom is 0.472 e. The standard InChI is InChI=1S/C74H137O24P/c1-4-7-10-13-16-19-22-25-27-29-31-34-36-39-42-45-48-58(76)90-52-55(93-60(78)50-47-44-41-38-35-32-28-26-23-20-17-14-11-8-5-2)53-92-99(88,89)98-72-70(96-73-68(86)63(81)61(79)56(51-75)94-73)66(84)65(83)67(85)71(72)97-74-69(87)64(82)62(80)57(95-74)54-91-59(77)49-46-43-40-37-33-30-24-21-18-15-12-9-6-3/h30,33,55-57,61-75,79-87H,4-29,31-32,34-54H2,1-3H3,(H,88,89)/b33-30-. The van der Waals surface area contributed by atoms with Gasteiger partial charge in [0.25, 0.3) is 0 Å². The molecule has 2 aliphatic heterocycles. The quantitative estimate of drug-likeness (QED) is 0.00886. The van der Waals surface area contributed by atoms with Crippen LogP contribution >= 0.6 is 7.82 Å². The van der Waals surface area contributed by atoms with E-state index in [1.54, 1.807) is 0 Å². The van der Waals surface area contributed by atoms with E-state index in [-0.39, 0.29) is 19.3 Å². The van der Waals surface area contributed by atoms with Gasteiger partial charge in [-0.15, -0.1) is 0 Å². The molecule has 0 aromatic heterocycles. The minimum Gasteiger partial charge on any atom is -0.463 e. The molecule has 99 heavy (non-hydrogen) atoms. The summed E-state index contributed by atoms with van der Waals surface area (Å²) in [6.45, 7) is 3.46. The van der Waals surface area contributed by atoms with Crippen LogP contribution in [-0.2, 0) is 61.2 Å². The van der Waals surface area contributed by atoms with Gasteiger partial charge in [0.2, 0.25) is 0 Å².